The number of rotatable bonds is 2. The van der Waals surface area contributed by atoms with E-state index in [1.54, 1.807) is 0 Å². The van der Waals surface area contributed by atoms with Crippen molar-refractivity contribution >= 4 is 5.91 Å². The lowest BCUT2D eigenvalue weighted by molar-refractivity contribution is -0.150. The van der Waals surface area contributed by atoms with Crippen LogP contribution >= 0.6 is 0 Å². The van der Waals surface area contributed by atoms with Gasteiger partial charge in [-0.2, -0.15) is 0 Å². The number of carbonyl (C=O) groups is 1. The molecule has 1 saturated carbocycles. The minimum Gasteiger partial charge on any atom is -0.338 e. The van der Waals surface area contributed by atoms with Gasteiger partial charge < -0.3 is 10.6 Å². The highest BCUT2D eigenvalue weighted by molar-refractivity contribution is 5.83. The van der Waals surface area contributed by atoms with E-state index in [1.807, 2.05) is 4.90 Å². The van der Waals surface area contributed by atoms with Gasteiger partial charge in [-0.15, -0.1) is 0 Å². The van der Waals surface area contributed by atoms with Crippen LogP contribution in [0.25, 0.3) is 0 Å². The second-order valence-electron chi connectivity index (χ2n) is 6.32. The molecule has 2 rings (SSSR count). The monoisotopic (exact) mass is 224 g/mol. The number of amides is 1. The van der Waals surface area contributed by atoms with Gasteiger partial charge in [0.05, 0.1) is 5.54 Å². The Morgan fingerprint density at radius 2 is 1.75 bits per heavy atom. The summed E-state index contributed by atoms with van der Waals surface area (Å²) in [5.74, 6) is 0.791. The number of carbonyl (C=O) groups excluding carboxylic acids is 1. The third kappa shape index (κ3) is 1.75. The van der Waals surface area contributed by atoms with E-state index in [0.717, 1.165) is 25.9 Å². The SMILES string of the molecule is CC(C)C1(N)CN(C(=O)C2(C)CCCC2)C1. The molecular formula is C13H24N2O. The highest BCUT2D eigenvalue weighted by Crippen LogP contribution is 2.41. The molecule has 0 aromatic carbocycles. The van der Waals surface area contributed by atoms with Crippen LogP contribution in [0.3, 0.4) is 0 Å². The smallest absolute Gasteiger partial charge is 0.228 e. The molecule has 1 aliphatic heterocycles. The van der Waals surface area contributed by atoms with Crippen LogP contribution in [-0.4, -0.2) is 29.4 Å². The Morgan fingerprint density at radius 1 is 1.25 bits per heavy atom. The maximum Gasteiger partial charge on any atom is 0.228 e. The van der Waals surface area contributed by atoms with Crippen molar-refractivity contribution in [2.24, 2.45) is 17.1 Å². The Hall–Kier alpha value is -0.570. The summed E-state index contributed by atoms with van der Waals surface area (Å²) in [4.78, 5) is 14.3. The molecule has 1 amide bonds. The number of nitrogens with two attached hydrogens (primary N) is 1. The molecule has 92 valence electrons. The Morgan fingerprint density at radius 3 is 2.19 bits per heavy atom. The maximum atomic E-state index is 12.3. The summed E-state index contributed by atoms with van der Waals surface area (Å²) < 4.78 is 0. The van der Waals surface area contributed by atoms with Crippen LogP contribution in [0.15, 0.2) is 0 Å². The quantitative estimate of drug-likeness (QED) is 0.777. The summed E-state index contributed by atoms with van der Waals surface area (Å²) in [5, 5.41) is 0. The molecular weight excluding hydrogens is 200 g/mol. The summed E-state index contributed by atoms with van der Waals surface area (Å²) in [5.41, 5.74) is 6.00. The maximum absolute atomic E-state index is 12.3. The van der Waals surface area contributed by atoms with Gasteiger partial charge in [0, 0.05) is 18.5 Å². The van der Waals surface area contributed by atoms with Crippen molar-refractivity contribution in [3.05, 3.63) is 0 Å². The molecule has 0 aromatic heterocycles. The van der Waals surface area contributed by atoms with E-state index >= 15 is 0 Å². The van der Waals surface area contributed by atoms with E-state index in [0.29, 0.717) is 11.8 Å². The number of hydrogen-bond donors (Lipinski definition) is 1. The minimum atomic E-state index is -0.134. The molecule has 0 aromatic rings. The summed E-state index contributed by atoms with van der Waals surface area (Å²) in [6, 6.07) is 0. The summed E-state index contributed by atoms with van der Waals surface area (Å²) >= 11 is 0. The molecule has 2 N–H and O–H groups in total. The fraction of sp³-hybridized carbons (Fsp3) is 0.923. The van der Waals surface area contributed by atoms with Gasteiger partial charge in [-0.3, -0.25) is 4.79 Å². The first kappa shape index (κ1) is 11.9. The summed E-state index contributed by atoms with van der Waals surface area (Å²) in [6.07, 6.45) is 4.52. The third-order valence-electron chi connectivity index (χ3n) is 4.63. The van der Waals surface area contributed by atoms with E-state index in [9.17, 15) is 4.79 Å². The Bertz CT molecular complexity index is 286. The van der Waals surface area contributed by atoms with Gasteiger partial charge in [0.2, 0.25) is 5.91 Å². The second kappa shape index (κ2) is 3.73. The van der Waals surface area contributed by atoms with Gasteiger partial charge in [0.15, 0.2) is 0 Å². The van der Waals surface area contributed by atoms with E-state index in [-0.39, 0.29) is 11.0 Å². The molecule has 0 radical (unpaired) electrons. The van der Waals surface area contributed by atoms with E-state index in [2.05, 4.69) is 20.8 Å². The first-order valence-electron chi connectivity index (χ1n) is 6.46. The van der Waals surface area contributed by atoms with E-state index < -0.39 is 0 Å². The van der Waals surface area contributed by atoms with Crippen molar-refractivity contribution in [3.8, 4) is 0 Å². The number of nitrogens with zero attached hydrogens (tertiary/aromatic N) is 1. The van der Waals surface area contributed by atoms with Crippen molar-refractivity contribution < 1.29 is 4.79 Å². The number of likely N-dealkylation sites (tertiary alicyclic amines) is 1. The Balaban J connectivity index is 1.95. The zero-order chi connectivity index (χ0) is 12.0. The molecule has 3 nitrogen and oxygen atoms in total. The molecule has 2 fully saturated rings. The predicted molar refractivity (Wildman–Crippen MR) is 64.9 cm³/mol. The van der Waals surface area contributed by atoms with Gasteiger partial charge in [0.1, 0.15) is 0 Å². The molecule has 16 heavy (non-hydrogen) atoms. The van der Waals surface area contributed by atoms with Crippen LogP contribution in [0.5, 0.6) is 0 Å². The van der Waals surface area contributed by atoms with Crippen LogP contribution in [0.4, 0.5) is 0 Å². The van der Waals surface area contributed by atoms with Crippen LogP contribution in [-0.2, 0) is 4.79 Å². The molecule has 1 heterocycles. The molecule has 1 aliphatic carbocycles. The summed E-state index contributed by atoms with van der Waals surface area (Å²) in [6.45, 7) is 7.89. The lowest BCUT2D eigenvalue weighted by Crippen LogP contribution is -2.72. The van der Waals surface area contributed by atoms with Crippen LogP contribution in [0.2, 0.25) is 0 Å². The van der Waals surface area contributed by atoms with Crippen molar-refractivity contribution in [2.75, 3.05) is 13.1 Å². The fourth-order valence-electron chi connectivity index (χ4n) is 2.92. The van der Waals surface area contributed by atoms with Gasteiger partial charge in [-0.05, 0) is 18.8 Å². The molecule has 0 spiro atoms. The zero-order valence-electron chi connectivity index (χ0n) is 10.8. The first-order chi connectivity index (χ1) is 7.37. The van der Waals surface area contributed by atoms with Crippen molar-refractivity contribution in [2.45, 2.75) is 52.0 Å². The van der Waals surface area contributed by atoms with Gasteiger partial charge in [0.25, 0.3) is 0 Å². The minimum absolute atomic E-state index is 0.0850. The molecule has 2 aliphatic rings. The lowest BCUT2D eigenvalue weighted by Gasteiger charge is -2.52. The van der Waals surface area contributed by atoms with E-state index in [4.69, 9.17) is 5.73 Å². The zero-order valence-corrected chi connectivity index (χ0v) is 10.8. The normalized spacial score (nSPS) is 26.9. The van der Waals surface area contributed by atoms with Crippen molar-refractivity contribution in [1.29, 1.82) is 0 Å². The average molecular weight is 224 g/mol. The summed E-state index contributed by atoms with van der Waals surface area (Å²) in [7, 11) is 0. The molecule has 0 atom stereocenters. The molecule has 0 bridgehead atoms. The molecule has 0 unspecified atom stereocenters. The van der Waals surface area contributed by atoms with Gasteiger partial charge >= 0.3 is 0 Å². The van der Waals surface area contributed by atoms with E-state index in [1.165, 1.54) is 12.8 Å². The molecule has 3 heteroatoms. The first-order valence-corrected chi connectivity index (χ1v) is 6.46. The van der Waals surface area contributed by atoms with Crippen molar-refractivity contribution in [3.63, 3.8) is 0 Å². The van der Waals surface area contributed by atoms with Crippen LogP contribution in [0.1, 0.15) is 46.5 Å². The average Bonchev–Trinajstić information content (AvgIpc) is 2.60. The standard InChI is InChI=1S/C13H24N2O/c1-10(2)13(14)8-15(9-13)11(16)12(3)6-4-5-7-12/h10H,4-9,14H2,1-3H3. The highest BCUT2D eigenvalue weighted by atomic mass is 16.2. The Labute approximate surface area is 98.4 Å². The number of hydrogen-bond acceptors (Lipinski definition) is 2. The van der Waals surface area contributed by atoms with Crippen LogP contribution in [0, 0.1) is 11.3 Å². The lowest BCUT2D eigenvalue weighted by atomic mass is 9.77. The van der Waals surface area contributed by atoms with Gasteiger partial charge in [-0.25, -0.2) is 0 Å². The van der Waals surface area contributed by atoms with Crippen LogP contribution < -0.4 is 5.73 Å². The van der Waals surface area contributed by atoms with Gasteiger partial charge in [-0.1, -0.05) is 33.6 Å². The topological polar surface area (TPSA) is 46.3 Å². The largest absolute Gasteiger partial charge is 0.338 e. The highest BCUT2D eigenvalue weighted by Gasteiger charge is 2.49. The molecule has 1 saturated heterocycles. The predicted octanol–water partition coefficient (Wildman–Crippen LogP) is 1.76. The third-order valence-corrected chi connectivity index (χ3v) is 4.63. The second-order valence-corrected chi connectivity index (χ2v) is 6.32. The fourth-order valence-corrected chi connectivity index (χ4v) is 2.92. The Kier molecular flexibility index (Phi) is 2.77. The van der Waals surface area contributed by atoms with Crippen molar-refractivity contribution in [1.82, 2.24) is 4.90 Å².